The molecule has 0 saturated carbocycles. The van der Waals surface area contributed by atoms with Gasteiger partial charge in [-0.3, -0.25) is 4.79 Å². The van der Waals surface area contributed by atoms with Gasteiger partial charge in [0.2, 0.25) is 15.9 Å². The van der Waals surface area contributed by atoms with E-state index in [0.717, 1.165) is 0 Å². The number of carbonyl (C=O) groups is 1. The molecule has 0 aromatic carbocycles. The first-order valence-corrected chi connectivity index (χ1v) is 8.12. The maximum atomic E-state index is 12.5. The van der Waals surface area contributed by atoms with Gasteiger partial charge < -0.3 is 9.42 Å². The predicted molar refractivity (Wildman–Crippen MR) is 72.0 cm³/mol. The van der Waals surface area contributed by atoms with E-state index >= 15 is 0 Å². The highest BCUT2D eigenvalue weighted by atomic mass is 35.5. The van der Waals surface area contributed by atoms with Crippen LogP contribution in [0.25, 0.3) is 0 Å². The minimum atomic E-state index is -3.63. The van der Waals surface area contributed by atoms with E-state index in [1.165, 1.54) is 4.31 Å². The molecular weight excluding hydrogens is 306 g/mol. The van der Waals surface area contributed by atoms with Crippen molar-refractivity contribution < 1.29 is 17.7 Å². The molecule has 20 heavy (non-hydrogen) atoms. The zero-order chi connectivity index (χ0) is 14.9. The van der Waals surface area contributed by atoms with Gasteiger partial charge in [-0.2, -0.15) is 4.31 Å². The van der Waals surface area contributed by atoms with Crippen LogP contribution in [-0.4, -0.2) is 60.7 Å². The molecule has 0 unspecified atom stereocenters. The first-order valence-electron chi connectivity index (χ1n) is 6.14. The smallest absolute Gasteiger partial charge is 0.248 e. The molecule has 1 saturated heterocycles. The molecule has 1 aromatic rings. The first kappa shape index (κ1) is 15.3. The molecule has 0 bridgehead atoms. The van der Waals surface area contributed by atoms with Crippen LogP contribution in [-0.2, 0) is 14.8 Å². The van der Waals surface area contributed by atoms with Gasteiger partial charge in [0, 0.05) is 26.2 Å². The van der Waals surface area contributed by atoms with E-state index < -0.39 is 10.0 Å². The Morgan fingerprint density at radius 1 is 1.30 bits per heavy atom. The second-order valence-electron chi connectivity index (χ2n) is 4.57. The van der Waals surface area contributed by atoms with Crippen LogP contribution in [0.5, 0.6) is 0 Å². The first-order chi connectivity index (χ1) is 9.37. The third kappa shape index (κ3) is 2.68. The van der Waals surface area contributed by atoms with Crippen LogP contribution >= 0.6 is 11.6 Å². The van der Waals surface area contributed by atoms with Crippen LogP contribution in [0.15, 0.2) is 9.42 Å². The maximum absolute atomic E-state index is 12.5. The summed E-state index contributed by atoms with van der Waals surface area (Å²) in [6.45, 7) is 4.34. The summed E-state index contributed by atoms with van der Waals surface area (Å²) in [5, 5.41) is 3.67. The van der Waals surface area contributed by atoms with Crippen molar-refractivity contribution in [2.45, 2.75) is 18.7 Å². The number of hydrogen-bond donors (Lipinski definition) is 0. The summed E-state index contributed by atoms with van der Waals surface area (Å²) >= 11 is 5.49. The van der Waals surface area contributed by atoms with Gasteiger partial charge in [-0.1, -0.05) is 5.16 Å². The topological polar surface area (TPSA) is 83.7 Å². The van der Waals surface area contributed by atoms with E-state index in [2.05, 4.69) is 5.16 Å². The number of hydrogen-bond acceptors (Lipinski definition) is 5. The minimum absolute atomic E-state index is 0.0867. The standard InChI is InChI=1S/C11H16ClN3O4S/c1-8-11(9(2)19-13-8)20(17,18)15-5-3-14(4-6-15)10(16)7-12/h3-7H2,1-2H3. The summed E-state index contributed by atoms with van der Waals surface area (Å²) < 4.78 is 31.3. The molecular formula is C11H16ClN3O4S. The molecule has 2 heterocycles. The summed E-state index contributed by atoms with van der Waals surface area (Å²) in [4.78, 5) is 13.1. The average Bonchev–Trinajstić information content (AvgIpc) is 2.78. The summed E-state index contributed by atoms with van der Waals surface area (Å²) in [5.74, 6) is 0.0131. The van der Waals surface area contributed by atoms with E-state index in [1.54, 1.807) is 18.7 Å². The van der Waals surface area contributed by atoms with Crippen LogP contribution < -0.4 is 0 Å². The lowest BCUT2D eigenvalue weighted by Gasteiger charge is -2.33. The number of nitrogens with zero attached hydrogens (tertiary/aromatic N) is 3. The molecule has 1 aromatic heterocycles. The predicted octanol–water partition coefficient (Wildman–Crippen LogP) is 0.363. The molecule has 1 aliphatic heterocycles. The largest absolute Gasteiger partial charge is 0.360 e. The monoisotopic (exact) mass is 321 g/mol. The molecule has 0 N–H and O–H groups in total. The number of aryl methyl sites for hydroxylation is 2. The third-order valence-electron chi connectivity index (χ3n) is 3.27. The second-order valence-corrected chi connectivity index (χ2v) is 6.71. The number of sulfonamides is 1. The van der Waals surface area contributed by atoms with Crippen molar-refractivity contribution in [3.05, 3.63) is 11.5 Å². The Balaban J connectivity index is 2.16. The molecule has 0 spiro atoms. The molecule has 0 radical (unpaired) electrons. The van der Waals surface area contributed by atoms with Crippen LogP contribution in [0, 0.1) is 13.8 Å². The number of rotatable bonds is 3. The van der Waals surface area contributed by atoms with Crippen LogP contribution in [0.2, 0.25) is 0 Å². The highest BCUT2D eigenvalue weighted by Gasteiger charge is 2.33. The maximum Gasteiger partial charge on any atom is 0.248 e. The van der Waals surface area contributed by atoms with Gasteiger partial charge in [0.15, 0.2) is 5.76 Å². The molecule has 112 valence electrons. The van der Waals surface area contributed by atoms with Gasteiger partial charge in [-0.15, -0.1) is 11.6 Å². The Morgan fingerprint density at radius 2 is 1.90 bits per heavy atom. The number of halogens is 1. The zero-order valence-electron chi connectivity index (χ0n) is 11.3. The lowest BCUT2D eigenvalue weighted by Crippen LogP contribution is -2.50. The Kier molecular flexibility index (Phi) is 4.36. The third-order valence-corrected chi connectivity index (χ3v) is 5.64. The SMILES string of the molecule is Cc1noc(C)c1S(=O)(=O)N1CCN(C(=O)CCl)CC1. The number of carbonyl (C=O) groups excluding carboxylic acids is 1. The molecule has 1 amide bonds. The highest BCUT2D eigenvalue weighted by Crippen LogP contribution is 2.24. The molecule has 1 fully saturated rings. The van der Waals surface area contributed by atoms with Crippen molar-refractivity contribution in [1.29, 1.82) is 0 Å². The Hall–Kier alpha value is -1.12. The van der Waals surface area contributed by atoms with Crippen molar-refractivity contribution in [2.24, 2.45) is 0 Å². The summed E-state index contributed by atoms with van der Waals surface area (Å²) in [6, 6.07) is 0. The Bertz CT molecular complexity index is 586. The molecule has 0 aliphatic carbocycles. The average molecular weight is 322 g/mol. The second kappa shape index (κ2) is 5.71. The molecule has 7 nitrogen and oxygen atoms in total. The normalized spacial score (nSPS) is 17.4. The Labute approximate surface area is 122 Å². The van der Waals surface area contributed by atoms with Crippen molar-refractivity contribution in [3.63, 3.8) is 0 Å². The van der Waals surface area contributed by atoms with E-state index in [0.29, 0.717) is 18.8 Å². The van der Waals surface area contributed by atoms with Gasteiger partial charge in [0.1, 0.15) is 16.5 Å². The molecule has 2 rings (SSSR count). The summed E-state index contributed by atoms with van der Waals surface area (Å²) in [5.41, 5.74) is 0.349. The van der Waals surface area contributed by atoms with Crippen LogP contribution in [0.3, 0.4) is 0 Å². The molecule has 9 heteroatoms. The fraction of sp³-hybridized carbons (Fsp3) is 0.636. The Morgan fingerprint density at radius 3 is 2.35 bits per heavy atom. The van der Waals surface area contributed by atoms with Crippen LogP contribution in [0.1, 0.15) is 11.5 Å². The van der Waals surface area contributed by atoms with Gasteiger partial charge in [0.05, 0.1) is 0 Å². The van der Waals surface area contributed by atoms with Gasteiger partial charge in [0.25, 0.3) is 0 Å². The minimum Gasteiger partial charge on any atom is -0.360 e. The van der Waals surface area contributed by atoms with E-state index in [9.17, 15) is 13.2 Å². The number of aromatic nitrogens is 1. The number of amides is 1. The number of piperazine rings is 1. The fourth-order valence-corrected chi connectivity index (χ4v) is 4.12. The quantitative estimate of drug-likeness (QED) is 0.751. The van der Waals surface area contributed by atoms with Gasteiger partial charge in [-0.25, -0.2) is 8.42 Å². The summed E-state index contributed by atoms with van der Waals surface area (Å²) in [6.07, 6.45) is 0. The zero-order valence-corrected chi connectivity index (χ0v) is 12.9. The van der Waals surface area contributed by atoms with E-state index in [1.807, 2.05) is 0 Å². The lowest BCUT2D eigenvalue weighted by molar-refractivity contribution is -0.129. The summed E-state index contributed by atoms with van der Waals surface area (Å²) in [7, 11) is -3.63. The number of alkyl halides is 1. The van der Waals surface area contributed by atoms with Crippen molar-refractivity contribution >= 4 is 27.5 Å². The van der Waals surface area contributed by atoms with Crippen molar-refractivity contribution in [3.8, 4) is 0 Å². The lowest BCUT2D eigenvalue weighted by atomic mass is 10.3. The van der Waals surface area contributed by atoms with Crippen LogP contribution in [0.4, 0.5) is 0 Å². The van der Waals surface area contributed by atoms with Crippen molar-refractivity contribution in [2.75, 3.05) is 32.1 Å². The highest BCUT2D eigenvalue weighted by molar-refractivity contribution is 7.89. The molecule has 1 aliphatic rings. The van der Waals surface area contributed by atoms with Gasteiger partial charge >= 0.3 is 0 Å². The van der Waals surface area contributed by atoms with Crippen molar-refractivity contribution in [1.82, 2.24) is 14.4 Å². The van der Waals surface area contributed by atoms with E-state index in [-0.39, 0.29) is 35.5 Å². The van der Waals surface area contributed by atoms with E-state index in [4.69, 9.17) is 16.1 Å². The van der Waals surface area contributed by atoms with Gasteiger partial charge in [-0.05, 0) is 13.8 Å². The molecule has 0 atom stereocenters. The fourth-order valence-electron chi connectivity index (χ4n) is 2.23.